The van der Waals surface area contributed by atoms with E-state index in [0.29, 0.717) is 0 Å². The van der Waals surface area contributed by atoms with Crippen molar-refractivity contribution < 1.29 is 33.6 Å². The minimum atomic E-state index is -1.14. The molecule has 0 radical (unpaired) electrons. The van der Waals surface area contributed by atoms with Gasteiger partial charge < -0.3 is 48.7 Å². The van der Waals surface area contributed by atoms with Gasteiger partial charge >= 0.3 is 0 Å². The summed E-state index contributed by atoms with van der Waals surface area (Å²) in [5, 5.41) is 12.7. The third-order valence-electron chi connectivity index (χ3n) is 7.01. The Labute approximate surface area is 280 Å². The Morgan fingerprint density at radius 2 is 1.68 bits per heavy atom. The number of amides is 7. The first-order valence-corrected chi connectivity index (χ1v) is 17.4. The van der Waals surface area contributed by atoms with Crippen LogP contribution in [0.25, 0.3) is 0 Å². The van der Waals surface area contributed by atoms with Crippen LogP contribution >= 0.6 is 21.6 Å². The van der Waals surface area contributed by atoms with Crippen molar-refractivity contribution in [3.8, 4) is 0 Å². The summed E-state index contributed by atoms with van der Waals surface area (Å²) < 4.78 is 0. The van der Waals surface area contributed by atoms with E-state index in [2.05, 4.69) is 31.6 Å². The first kappa shape index (κ1) is 38.9. The lowest BCUT2D eigenvalue weighted by molar-refractivity contribution is -0.140. The number of nitrogens with zero attached hydrogens (tertiary/aromatic N) is 2. The zero-order valence-electron chi connectivity index (χ0n) is 26.4. The number of aliphatic imine (C=N–C) groups is 1. The molecular formula is C28H44N10O7S2. The van der Waals surface area contributed by atoms with Gasteiger partial charge in [0.15, 0.2) is 5.96 Å². The number of hydrogen-bond donors (Lipinski definition) is 8. The molecule has 0 bridgehead atoms. The van der Waals surface area contributed by atoms with Gasteiger partial charge in [0.1, 0.15) is 24.2 Å². The number of allylic oxidation sites excluding steroid dienone is 3. The molecule has 1 aliphatic carbocycles. The van der Waals surface area contributed by atoms with E-state index in [1.165, 1.54) is 18.9 Å². The summed E-state index contributed by atoms with van der Waals surface area (Å²) in [6.07, 6.45) is 7.85. The third kappa shape index (κ3) is 14.4. The number of carbonyl (C=O) groups is 7. The molecule has 1 fully saturated rings. The lowest BCUT2D eigenvalue weighted by atomic mass is 9.98. The molecule has 0 aromatic carbocycles. The van der Waals surface area contributed by atoms with Gasteiger partial charge in [-0.1, -0.05) is 39.8 Å². The van der Waals surface area contributed by atoms with E-state index in [1.54, 1.807) is 0 Å². The molecule has 0 saturated carbocycles. The fraction of sp³-hybridized carbons (Fsp3) is 0.571. The maximum atomic E-state index is 13.8. The van der Waals surface area contributed by atoms with Crippen molar-refractivity contribution in [3.05, 3.63) is 23.8 Å². The van der Waals surface area contributed by atoms with Gasteiger partial charge in [-0.25, -0.2) is 0 Å². The molecule has 17 nitrogen and oxygen atoms in total. The zero-order chi connectivity index (χ0) is 34.9. The monoisotopic (exact) mass is 696 g/mol. The summed E-state index contributed by atoms with van der Waals surface area (Å²) >= 11 is 0. The molecule has 1 aliphatic heterocycles. The minimum Gasteiger partial charge on any atom is -0.370 e. The van der Waals surface area contributed by atoms with E-state index in [0.717, 1.165) is 40.0 Å². The predicted octanol–water partition coefficient (Wildman–Crippen LogP) is -2.88. The Balaban J connectivity index is 2.39. The first-order valence-electron chi connectivity index (χ1n) is 14.9. The minimum absolute atomic E-state index is 0.0217. The van der Waals surface area contributed by atoms with Crippen molar-refractivity contribution in [3.63, 3.8) is 0 Å². The van der Waals surface area contributed by atoms with E-state index in [-0.39, 0.29) is 43.3 Å². The smallest absolute Gasteiger partial charge is 0.243 e. The molecule has 0 aromatic heterocycles. The highest BCUT2D eigenvalue weighted by Crippen LogP contribution is 2.23. The summed E-state index contributed by atoms with van der Waals surface area (Å²) in [6, 6.07) is -4.36. The van der Waals surface area contributed by atoms with Crippen LogP contribution in [0.5, 0.6) is 0 Å². The summed E-state index contributed by atoms with van der Waals surface area (Å²) in [5.41, 5.74) is 17.0. The van der Waals surface area contributed by atoms with Crippen molar-refractivity contribution >= 4 is 68.9 Å². The van der Waals surface area contributed by atoms with Crippen LogP contribution in [0.3, 0.4) is 0 Å². The van der Waals surface area contributed by atoms with Crippen LogP contribution in [0, 0.1) is 0 Å². The van der Waals surface area contributed by atoms with Crippen LogP contribution in [0.15, 0.2) is 28.8 Å². The molecule has 2 rings (SSSR count). The molecule has 7 amide bonds. The SMILES string of the molecule is CC(=O)NC1CSSCC(C(N)=O)NC(=O)CNC(=O)[C@H](CCCN=C(N)N)NC(=O)C(CC2=CCCC=C2)N(C)C(=O)CNC1=O. The van der Waals surface area contributed by atoms with Gasteiger partial charge in [-0.05, 0) is 31.3 Å². The van der Waals surface area contributed by atoms with Gasteiger partial charge in [0.2, 0.25) is 41.4 Å². The van der Waals surface area contributed by atoms with E-state index in [9.17, 15) is 33.6 Å². The average Bonchev–Trinajstić information content (AvgIpc) is 3.02. The van der Waals surface area contributed by atoms with Crippen LogP contribution < -0.4 is 43.8 Å². The standard InChI is InChI=1S/C28H44N10O7S2/c1-16(39)35-20-15-47-46-14-19(24(29)42)36-22(40)12-33-25(43)18(9-6-10-32-28(30)31)37-27(45)21(11-17-7-4-3-5-8-17)38(2)23(41)13-34-26(20)44/h4,7-8,18-21H,3,5-6,9-15H2,1-2H3,(H2,29,42)(H,33,43)(H,34,44)(H,35,39)(H,36,40)(H,37,45)(H4,30,31,32)/t18-,19?,20?,21?/m0/s1. The Hall–Kier alpha value is -4.26. The Kier molecular flexibility index (Phi) is 16.6. The van der Waals surface area contributed by atoms with Crippen molar-refractivity contribution in [2.75, 3.05) is 38.2 Å². The molecule has 3 unspecified atom stereocenters. The topological polar surface area (TPSA) is 273 Å². The second kappa shape index (κ2) is 20.1. The van der Waals surface area contributed by atoms with Gasteiger partial charge in [-0.2, -0.15) is 0 Å². The van der Waals surface area contributed by atoms with Gasteiger partial charge in [0.05, 0.1) is 13.1 Å². The highest BCUT2D eigenvalue weighted by Gasteiger charge is 2.32. The largest absolute Gasteiger partial charge is 0.370 e. The maximum absolute atomic E-state index is 13.8. The highest BCUT2D eigenvalue weighted by atomic mass is 33.1. The van der Waals surface area contributed by atoms with Gasteiger partial charge in [0.25, 0.3) is 0 Å². The number of likely N-dealkylation sites (N-methyl/N-ethyl adjacent to an activating group) is 1. The number of primary amides is 1. The van der Waals surface area contributed by atoms with Crippen LogP contribution in [-0.4, -0.2) is 115 Å². The number of guanidine groups is 1. The fourth-order valence-electron chi connectivity index (χ4n) is 4.46. The van der Waals surface area contributed by atoms with Crippen molar-refractivity contribution in [1.29, 1.82) is 0 Å². The van der Waals surface area contributed by atoms with E-state index < -0.39 is 78.6 Å². The lowest BCUT2D eigenvalue weighted by Crippen LogP contribution is -2.56. The Bertz CT molecular complexity index is 1270. The number of nitrogens with one attached hydrogen (secondary N) is 5. The van der Waals surface area contributed by atoms with Gasteiger partial charge in [0, 0.05) is 38.4 Å². The summed E-state index contributed by atoms with van der Waals surface area (Å²) in [6.45, 7) is 0.409. The lowest BCUT2D eigenvalue weighted by Gasteiger charge is -2.30. The number of carbonyl (C=O) groups excluding carboxylic acids is 7. The van der Waals surface area contributed by atoms with Crippen LogP contribution in [0.1, 0.15) is 39.0 Å². The van der Waals surface area contributed by atoms with Crippen LogP contribution in [0.2, 0.25) is 0 Å². The normalized spacial score (nSPS) is 24.1. The second-order valence-electron chi connectivity index (χ2n) is 10.8. The number of rotatable bonds is 8. The second-order valence-corrected chi connectivity index (χ2v) is 13.3. The van der Waals surface area contributed by atoms with E-state index >= 15 is 0 Å². The molecule has 4 atom stereocenters. The molecule has 11 N–H and O–H groups in total. The number of hydrogen-bond acceptors (Lipinski definition) is 10. The van der Waals surface area contributed by atoms with Gasteiger partial charge in [-0.15, -0.1) is 0 Å². The molecule has 2 aliphatic rings. The van der Waals surface area contributed by atoms with Gasteiger partial charge in [-0.3, -0.25) is 38.6 Å². The summed E-state index contributed by atoms with van der Waals surface area (Å²) in [7, 11) is 3.68. The highest BCUT2D eigenvalue weighted by molar-refractivity contribution is 8.76. The van der Waals surface area contributed by atoms with Crippen LogP contribution in [0.4, 0.5) is 0 Å². The molecule has 260 valence electrons. The molecule has 1 saturated heterocycles. The molecule has 19 heteroatoms. The molecule has 47 heavy (non-hydrogen) atoms. The van der Waals surface area contributed by atoms with E-state index in [4.69, 9.17) is 17.2 Å². The van der Waals surface area contributed by atoms with Crippen molar-refractivity contribution in [2.45, 2.75) is 63.2 Å². The fourth-order valence-corrected chi connectivity index (χ4v) is 6.80. The van der Waals surface area contributed by atoms with Crippen LogP contribution in [-0.2, 0) is 33.6 Å². The average molecular weight is 697 g/mol. The molecule has 0 aromatic rings. The van der Waals surface area contributed by atoms with E-state index in [1.807, 2.05) is 18.2 Å². The third-order valence-corrected chi connectivity index (χ3v) is 9.43. The molecule has 0 spiro atoms. The Morgan fingerprint density at radius 3 is 2.32 bits per heavy atom. The quantitative estimate of drug-likeness (QED) is 0.0553. The first-order chi connectivity index (χ1) is 22.3. The maximum Gasteiger partial charge on any atom is 0.243 e. The molecule has 1 heterocycles. The summed E-state index contributed by atoms with van der Waals surface area (Å²) in [5.74, 6) is -4.63. The van der Waals surface area contributed by atoms with Crippen molar-refractivity contribution in [2.24, 2.45) is 22.2 Å². The zero-order valence-corrected chi connectivity index (χ0v) is 28.0. The Morgan fingerprint density at radius 1 is 0.979 bits per heavy atom. The predicted molar refractivity (Wildman–Crippen MR) is 179 cm³/mol. The summed E-state index contributed by atoms with van der Waals surface area (Å²) in [4.78, 5) is 94.8. The van der Waals surface area contributed by atoms with Crippen molar-refractivity contribution in [1.82, 2.24) is 31.5 Å². The number of nitrogens with two attached hydrogens (primary N) is 3. The molecular weight excluding hydrogens is 653 g/mol.